The Morgan fingerprint density at radius 3 is 2.39 bits per heavy atom. The van der Waals surface area contributed by atoms with Gasteiger partial charge in [0.1, 0.15) is 12.4 Å². The third-order valence-electron chi connectivity index (χ3n) is 4.01. The highest BCUT2D eigenvalue weighted by atomic mass is 32.2. The number of halogens is 1. The van der Waals surface area contributed by atoms with E-state index in [1.165, 1.54) is 11.6 Å². The van der Waals surface area contributed by atoms with E-state index in [4.69, 9.17) is 23.0 Å². The summed E-state index contributed by atoms with van der Waals surface area (Å²) in [7, 11) is 0. The number of hydrogen-bond donors (Lipinski definition) is 2. The lowest BCUT2D eigenvalue weighted by Gasteiger charge is -2.16. The Morgan fingerprint density at radius 2 is 1.77 bits per heavy atom. The van der Waals surface area contributed by atoms with Gasteiger partial charge in [0, 0.05) is 23.9 Å². The standard InChI is InChI=1S/C22H30FNO3.H3NO2S/c1-4-14-26-19-11-9-18(10-12-19)16-17(3)24-13-15-27-21-8-6-7-20(23)22(21)25-5-2;1-4(2)3/h6-12,17,24H,4-5,13-16H2,1-3H3;1H2,(H,2,3)/p-1. The molecule has 0 amide bonds. The van der Waals surface area contributed by atoms with Gasteiger partial charge < -0.3 is 24.1 Å². The van der Waals surface area contributed by atoms with Gasteiger partial charge in [-0.1, -0.05) is 25.1 Å². The molecular formula is C22H32FN2O5S-. The second-order valence-electron chi connectivity index (χ2n) is 6.66. The minimum absolute atomic E-state index is 0.179. The summed E-state index contributed by atoms with van der Waals surface area (Å²) in [6.07, 6.45) is 1.92. The summed E-state index contributed by atoms with van der Waals surface area (Å²) >= 11 is -2.36. The molecule has 0 fully saturated rings. The lowest BCUT2D eigenvalue weighted by Crippen LogP contribution is -2.31. The van der Waals surface area contributed by atoms with Crippen molar-refractivity contribution < 1.29 is 27.4 Å². The highest BCUT2D eigenvalue weighted by molar-refractivity contribution is 7.76. The van der Waals surface area contributed by atoms with Crippen molar-refractivity contribution in [2.75, 3.05) is 26.4 Å². The van der Waals surface area contributed by atoms with Crippen molar-refractivity contribution in [3.05, 3.63) is 53.8 Å². The minimum Gasteiger partial charge on any atom is -0.760 e. The lowest BCUT2D eigenvalue weighted by atomic mass is 10.1. The molecule has 2 atom stereocenters. The predicted octanol–water partition coefficient (Wildman–Crippen LogP) is 3.35. The molecule has 7 nitrogen and oxygen atoms in total. The van der Waals surface area contributed by atoms with E-state index >= 15 is 0 Å². The van der Waals surface area contributed by atoms with Gasteiger partial charge in [0.2, 0.25) is 0 Å². The molecule has 0 bridgehead atoms. The summed E-state index contributed by atoms with van der Waals surface area (Å²) in [4.78, 5) is 0. The van der Waals surface area contributed by atoms with Gasteiger partial charge in [-0.15, -0.1) is 0 Å². The maximum absolute atomic E-state index is 13.8. The number of benzene rings is 2. The molecule has 2 aromatic carbocycles. The van der Waals surface area contributed by atoms with E-state index in [0.717, 1.165) is 25.2 Å². The average molecular weight is 456 g/mol. The largest absolute Gasteiger partial charge is 0.760 e. The molecule has 2 aromatic rings. The highest BCUT2D eigenvalue weighted by Gasteiger charge is 2.10. The van der Waals surface area contributed by atoms with Crippen LogP contribution in [0.1, 0.15) is 32.8 Å². The fourth-order valence-corrected chi connectivity index (χ4v) is 2.72. The van der Waals surface area contributed by atoms with Crippen molar-refractivity contribution in [2.45, 2.75) is 39.7 Å². The van der Waals surface area contributed by atoms with Crippen molar-refractivity contribution in [3.63, 3.8) is 0 Å². The van der Waals surface area contributed by atoms with Crippen LogP contribution in [0, 0.1) is 5.82 Å². The Morgan fingerprint density at radius 1 is 1.10 bits per heavy atom. The maximum Gasteiger partial charge on any atom is 0.197 e. The quantitative estimate of drug-likeness (QED) is 0.376. The lowest BCUT2D eigenvalue weighted by molar-refractivity contribution is 0.263. The molecule has 0 aliphatic rings. The van der Waals surface area contributed by atoms with Gasteiger partial charge in [-0.05, 0) is 56.5 Å². The Balaban J connectivity index is 0.00000110. The first-order valence-electron chi connectivity index (χ1n) is 10.2. The van der Waals surface area contributed by atoms with Crippen LogP contribution in [0.2, 0.25) is 0 Å². The smallest absolute Gasteiger partial charge is 0.197 e. The second-order valence-corrected chi connectivity index (χ2v) is 7.18. The Labute approximate surface area is 186 Å². The number of hydrogen-bond acceptors (Lipinski definition) is 6. The molecule has 174 valence electrons. The molecule has 0 aliphatic carbocycles. The van der Waals surface area contributed by atoms with E-state index in [2.05, 4.69) is 36.4 Å². The number of ether oxygens (including phenoxy) is 3. The number of rotatable bonds is 12. The molecule has 0 heterocycles. The summed E-state index contributed by atoms with van der Waals surface area (Å²) < 4.78 is 48.0. The molecular weight excluding hydrogens is 423 g/mol. The molecule has 0 aromatic heterocycles. The van der Waals surface area contributed by atoms with Gasteiger partial charge in [0.25, 0.3) is 0 Å². The van der Waals surface area contributed by atoms with Gasteiger partial charge in [-0.3, -0.25) is 9.35 Å². The zero-order valence-electron chi connectivity index (χ0n) is 18.3. The van der Waals surface area contributed by atoms with Gasteiger partial charge >= 0.3 is 0 Å². The third kappa shape index (κ3) is 11.7. The van der Waals surface area contributed by atoms with Crippen molar-refractivity contribution in [2.24, 2.45) is 5.14 Å². The topological polar surface area (TPSA) is 106 Å². The maximum atomic E-state index is 13.8. The van der Waals surface area contributed by atoms with E-state index in [0.29, 0.717) is 31.5 Å². The van der Waals surface area contributed by atoms with Crippen LogP contribution in [0.3, 0.4) is 0 Å². The van der Waals surface area contributed by atoms with Gasteiger partial charge in [-0.2, -0.15) is 0 Å². The Hall–Kier alpha value is -2.20. The first-order valence-corrected chi connectivity index (χ1v) is 11.3. The van der Waals surface area contributed by atoms with Gasteiger partial charge in [0.15, 0.2) is 17.3 Å². The summed E-state index contributed by atoms with van der Waals surface area (Å²) in [6.45, 7) is 8.30. The molecule has 3 N–H and O–H groups in total. The summed E-state index contributed by atoms with van der Waals surface area (Å²) in [5.74, 6) is 1.13. The summed E-state index contributed by atoms with van der Waals surface area (Å²) in [6, 6.07) is 13.2. The monoisotopic (exact) mass is 455 g/mol. The number of nitrogens with one attached hydrogen (secondary N) is 1. The van der Waals surface area contributed by atoms with Crippen LogP contribution in [0.25, 0.3) is 0 Å². The van der Waals surface area contributed by atoms with Gasteiger partial charge in [0.05, 0.1) is 13.2 Å². The molecule has 31 heavy (non-hydrogen) atoms. The summed E-state index contributed by atoms with van der Waals surface area (Å²) in [5.41, 5.74) is 1.25. The van der Waals surface area contributed by atoms with Crippen molar-refractivity contribution in [3.8, 4) is 17.2 Å². The molecule has 0 saturated heterocycles. The zero-order valence-corrected chi connectivity index (χ0v) is 19.1. The first-order chi connectivity index (χ1) is 14.9. The highest BCUT2D eigenvalue weighted by Crippen LogP contribution is 2.29. The first kappa shape index (κ1) is 26.8. The van der Waals surface area contributed by atoms with Crippen LogP contribution < -0.4 is 24.7 Å². The van der Waals surface area contributed by atoms with E-state index in [-0.39, 0.29) is 5.75 Å². The molecule has 9 heteroatoms. The normalized spacial score (nSPS) is 12.3. The number of nitrogens with two attached hydrogens (primary N) is 1. The molecule has 2 unspecified atom stereocenters. The van der Waals surface area contributed by atoms with Crippen LogP contribution in [0.4, 0.5) is 4.39 Å². The Kier molecular flexibility index (Phi) is 13.5. The average Bonchev–Trinajstić information content (AvgIpc) is 2.72. The van der Waals surface area contributed by atoms with E-state index in [1.807, 2.05) is 19.1 Å². The van der Waals surface area contributed by atoms with E-state index < -0.39 is 17.1 Å². The Bertz CT molecular complexity index is 773. The van der Waals surface area contributed by atoms with Crippen molar-refractivity contribution in [1.82, 2.24) is 5.32 Å². The van der Waals surface area contributed by atoms with Crippen LogP contribution in [-0.4, -0.2) is 41.2 Å². The van der Waals surface area contributed by atoms with Crippen LogP contribution in [0.5, 0.6) is 17.2 Å². The predicted molar refractivity (Wildman–Crippen MR) is 120 cm³/mol. The zero-order chi connectivity index (χ0) is 23.1. The molecule has 2 rings (SSSR count). The fourth-order valence-electron chi connectivity index (χ4n) is 2.72. The van der Waals surface area contributed by atoms with Crippen molar-refractivity contribution >= 4 is 11.3 Å². The van der Waals surface area contributed by atoms with E-state index in [9.17, 15) is 4.39 Å². The minimum atomic E-state index is -2.36. The molecule has 0 radical (unpaired) electrons. The molecule has 0 aliphatic heterocycles. The van der Waals surface area contributed by atoms with Crippen LogP contribution >= 0.6 is 0 Å². The van der Waals surface area contributed by atoms with Crippen LogP contribution in [0.15, 0.2) is 42.5 Å². The van der Waals surface area contributed by atoms with Crippen LogP contribution in [-0.2, 0) is 17.7 Å². The SMILES string of the molecule is CCCOc1ccc(CC(C)NCCOc2cccc(F)c2OCC)cc1.NS(=O)[O-]. The fraction of sp³-hybridized carbons (Fsp3) is 0.455. The molecule has 0 saturated carbocycles. The second kappa shape index (κ2) is 15.6. The van der Waals surface area contributed by atoms with Gasteiger partial charge in [-0.25, -0.2) is 4.39 Å². The van der Waals surface area contributed by atoms with E-state index in [1.54, 1.807) is 12.1 Å². The summed E-state index contributed by atoms with van der Waals surface area (Å²) in [5, 5.41) is 7.45. The third-order valence-corrected chi connectivity index (χ3v) is 4.01. The number of para-hydroxylation sites is 1. The van der Waals surface area contributed by atoms with Crippen molar-refractivity contribution in [1.29, 1.82) is 0 Å². The molecule has 0 spiro atoms.